The number of nitrogens with zero attached hydrogens (tertiary/aromatic N) is 2. The number of amides is 1. The van der Waals surface area contributed by atoms with Gasteiger partial charge in [-0.3, -0.25) is 14.8 Å². The number of nitrogens with one attached hydrogen (secondary N) is 1. The molecule has 2 aromatic heterocycles. The number of hydrogen-bond donors (Lipinski definition) is 1. The number of carbonyl (C=O) groups excluding carboxylic acids is 1. The van der Waals surface area contributed by atoms with Gasteiger partial charge in [-0.15, -0.1) is 0 Å². The summed E-state index contributed by atoms with van der Waals surface area (Å²) in [6.45, 7) is 6.42. The lowest BCUT2D eigenvalue weighted by Crippen LogP contribution is -2.14. The predicted octanol–water partition coefficient (Wildman–Crippen LogP) is 4.50. The third kappa shape index (κ3) is 4.41. The van der Waals surface area contributed by atoms with E-state index in [-0.39, 0.29) is 11.3 Å². The van der Waals surface area contributed by atoms with Crippen molar-refractivity contribution in [1.82, 2.24) is 9.97 Å². The Morgan fingerprint density at radius 2 is 1.92 bits per heavy atom. The molecule has 0 unspecified atom stereocenters. The summed E-state index contributed by atoms with van der Waals surface area (Å²) in [6, 6.07) is 13.8. The highest BCUT2D eigenvalue weighted by Gasteiger charge is 2.14. The Hall–Kier alpha value is -2.75. The molecule has 0 aliphatic heterocycles. The van der Waals surface area contributed by atoms with Gasteiger partial charge in [0.05, 0.1) is 5.52 Å². The molecular weight excluding hydrogens is 310 g/mol. The van der Waals surface area contributed by atoms with Crippen molar-refractivity contribution in [2.75, 3.05) is 5.32 Å². The lowest BCUT2D eigenvalue weighted by atomic mass is 9.91. The lowest BCUT2D eigenvalue weighted by molar-refractivity contribution is -0.116. The molecule has 0 saturated carbocycles. The van der Waals surface area contributed by atoms with Crippen molar-refractivity contribution >= 4 is 22.5 Å². The van der Waals surface area contributed by atoms with Crippen LogP contribution in [0.25, 0.3) is 10.9 Å². The number of fused-ring (bicyclic) bond motifs is 1. The van der Waals surface area contributed by atoms with Crippen molar-refractivity contribution in [2.45, 2.75) is 39.0 Å². The summed E-state index contributed by atoms with van der Waals surface area (Å²) < 4.78 is 0. The van der Waals surface area contributed by atoms with Crippen LogP contribution in [0.5, 0.6) is 0 Å². The van der Waals surface area contributed by atoms with Gasteiger partial charge in [0, 0.05) is 41.0 Å². The Labute approximate surface area is 148 Å². The summed E-state index contributed by atoms with van der Waals surface area (Å²) in [5.74, 6) is -0.00446. The minimum Gasteiger partial charge on any atom is -0.326 e. The molecular formula is C21H23N3O. The molecule has 1 amide bonds. The number of aryl methyl sites for hydroxylation is 1. The maximum Gasteiger partial charge on any atom is 0.224 e. The SMILES string of the molecule is CC(C)(C)c1ccc(CCC(=O)Nc2ccc3cccnc3c2)cn1. The molecule has 1 aromatic carbocycles. The van der Waals surface area contributed by atoms with E-state index >= 15 is 0 Å². The van der Waals surface area contributed by atoms with Crippen molar-refractivity contribution in [1.29, 1.82) is 0 Å². The number of pyridine rings is 2. The van der Waals surface area contributed by atoms with Crippen molar-refractivity contribution in [2.24, 2.45) is 0 Å². The second kappa shape index (κ2) is 7.01. The van der Waals surface area contributed by atoms with E-state index in [0.717, 1.165) is 27.8 Å². The van der Waals surface area contributed by atoms with Gasteiger partial charge in [-0.1, -0.05) is 39.0 Å². The van der Waals surface area contributed by atoms with Crippen LogP contribution in [0, 0.1) is 0 Å². The van der Waals surface area contributed by atoms with Crippen LogP contribution in [-0.4, -0.2) is 15.9 Å². The Bertz CT molecular complexity index is 880. The zero-order chi connectivity index (χ0) is 17.9. The molecule has 3 aromatic rings. The maximum atomic E-state index is 12.2. The standard InChI is InChI=1S/C21H23N3O/c1-21(2,3)19-10-6-15(14-23-19)7-11-20(25)24-17-9-8-16-5-4-12-22-18(16)13-17/h4-6,8-10,12-14H,7,11H2,1-3H3,(H,24,25). The molecule has 128 valence electrons. The quantitative estimate of drug-likeness (QED) is 0.765. The van der Waals surface area contributed by atoms with Crippen LogP contribution in [0.3, 0.4) is 0 Å². The molecule has 4 nitrogen and oxygen atoms in total. The highest BCUT2D eigenvalue weighted by Crippen LogP contribution is 2.20. The highest BCUT2D eigenvalue weighted by atomic mass is 16.1. The van der Waals surface area contributed by atoms with Gasteiger partial charge in [0.15, 0.2) is 0 Å². The van der Waals surface area contributed by atoms with E-state index in [9.17, 15) is 4.79 Å². The Morgan fingerprint density at radius 3 is 2.64 bits per heavy atom. The van der Waals surface area contributed by atoms with Gasteiger partial charge in [-0.2, -0.15) is 0 Å². The molecule has 0 radical (unpaired) electrons. The monoisotopic (exact) mass is 333 g/mol. The zero-order valence-corrected chi connectivity index (χ0v) is 14.9. The maximum absolute atomic E-state index is 12.2. The average Bonchev–Trinajstić information content (AvgIpc) is 2.59. The largest absolute Gasteiger partial charge is 0.326 e. The number of anilines is 1. The average molecular weight is 333 g/mol. The van der Waals surface area contributed by atoms with Gasteiger partial charge in [0.25, 0.3) is 0 Å². The van der Waals surface area contributed by atoms with Gasteiger partial charge < -0.3 is 5.32 Å². The lowest BCUT2D eigenvalue weighted by Gasteiger charge is -2.17. The smallest absolute Gasteiger partial charge is 0.224 e. The number of hydrogen-bond acceptors (Lipinski definition) is 3. The van der Waals surface area contributed by atoms with E-state index in [0.29, 0.717) is 12.8 Å². The topological polar surface area (TPSA) is 54.9 Å². The molecule has 0 bridgehead atoms. The minimum absolute atomic E-state index is 0.00446. The Kier molecular flexibility index (Phi) is 4.79. The summed E-state index contributed by atoms with van der Waals surface area (Å²) in [4.78, 5) is 21.0. The first-order valence-corrected chi connectivity index (χ1v) is 8.52. The first-order chi connectivity index (χ1) is 11.9. The zero-order valence-electron chi connectivity index (χ0n) is 14.9. The van der Waals surface area contributed by atoms with Gasteiger partial charge in [0.1, 0.15) is 0 Å². The second-order valence-electron chi connectivity index (χ2n) is 7.26. The number of carbonyl (C=O) groups is 1. The molecule has 1 N–H and O–H groups in total. The van der Waals surface area contributed by atoms with E-state index in [4.69, 9.17) is 0 Å². The van der Waals surface area contributed by atoms with Crippen LogP contribution in [0.15, 0.2) is 54.9 Å². The highest BCUT2D eigenvalue weighted by molar-refractivity contribution is 5.93. The van der Waals surface area contributed by atoms with Crippen LogP contribution >= 0.6 is 0 Å². The van der Waals surface area contributed by atoms with E-state index in [1.165, 1.54) is 0 Å². The Balaban J connectivity index is 1.58. The van der Waals surface area contributed by atoms with Gasteiger partial charge >= 0.3 is 0 Å². The third-order valence-corrected chi connectivity index (χ3v) is 4.12. The van der Waals surface area contributed by atoms with E-state index in [1.807, 2.05) is 42.6 Å². The third-order valence-electron chi connectivity index (χ3n) is 4.12. The fraction of sp³-hybridized carbons (Fsp3) is 0.286. The minimum atomic E-state index is -0.00446. The molecule has 0 saturated heterocycles. The van der Waals surface area contributed by atoms with Crippen LogP contribution in [0.4, 0.5) is 5.69 Å². The molecule has 0 spiro atoms. The van der Waals surface area contributed by atoms with E-state index < -0.39 is 0 Å². The van der Waals surface area contributed by atoms with Gasteiger partial charge in [-0.05, 0) is 36.2 Å². The van der Waals surface area contributed by atoms with Crippen molar-refractivity contribution in [3.8, 4) is 0 Å². The van der Waals surface area contributed by atoms with Crippen molar-refractivity contribution < 1.29 is 4.79 Å². The number of rotatable bonds is 4. The van der Waals surface area contributed by atoms with Crippen molar-refractivity contribution in [3.63, 3.8) is 0 Å². The Morgan fingerprint density at radius 1 is 1.08 bits per heavy atom. The number of aromatic nitrogens is 2. The van der Waals surface area contributed by atoms with Crippen LogP contribution < -0.4 is 5.32 Å². The van der Waals surface area contributed by atoms with Gasteiger partial charge in [-0.25, -0.2) is 0 Å². The summed E-state index contributed by atoms with van der Waals surface area (Å²) >= 11 is 0. The first kappa shape index (κ1) is 17.1. The molecule has 2 heterocycles. The first-order valence-electron chi connectivity index (χ1n) is 8.52. The fourth-order valence-electron chi connectivity index (χ4n) is 2.64. The molecule has 0 aliphatic carbocycles. The van der Waals surface area contributed by atoms with Crippen LogP contribution in [0.1, 0.15) is 38.4 Å². The van der Waals surface area contributed by atoms with E-state index in [1.54, 1.807) is 6.20 Å². The number of benzene rings is 1. The van der Waals surface area contributed by atoms with E-state index in [2.05, 4.69) is 42.1 Å². The summed E-state index contributed by atoms with van der Waals surface area (Å²) in [5.41, 5.74) is 3.83. The molecule has 0 atom stereocenters. The fourth-order valence-corrected chi connectivity index (χ4v) is 2.64. The molecule has 25 heavy (non-hydrogen) atoms. The van der Waals surface area contributed by atoms with Crippen molar-refractivity contribution in [3.05, 3.63) is 66.1 Å². The van der Waals surface area contributed by atoms with Crippen LogP contribution in [0.2, 0.25) is 0 Å². The second-order valence-corrected chi connectivity index (χ2v) is 7.26. The molecule has 0 fully saturated rings. The van der Waals surface area contributed by atoms with Crippen LogP contribution in [-0.2, 0) is 16.6 Å². The predicted molar refractivity (Wildman–Crippen MR) is 102 cm³/mol. The summed E-state index contributed by atoms with van der Waals surface area (Å²) in [7, 11) is 0. The molecule has 4 heteroatoms. The summed E-state index contributed by atoms with van der Waals surface area (Å²) in [5, 5.41) is 4.00. The normalized spacial score (nSPS) is 11.5. The summed E-state index contributed by atoms with van der Waals surface area (Å²) in [6.07, 6.45) is 4.72. The molecule has 3 rings (SSSR count). The van der Waals surface area contributed by atoms with Gasteiger partial charge in [0.2, 0.25) is 5.91 Å². The molecule has 0 aliphatic rings.